The molecule has 0 spiro atoms. The molecule has 0 atom stereocenters. The van der Waals surface area contributed by atoms with E-state index in [9.17, 15) is 5.11 Å². The van der Waals surface area contributed by atoms with Crippen LogP contribution in [0.15, 0.2) is 18.3 Å². The number of aromatic hydroxyl groups is 1. The molecule has 0 aliphatic carbocycles. The maximum Gasteiger partial charge on any atom is 0.188 e. The van der Waals surface area contributed by atoms with E-state index in [2.05, 4.69) is 5.10 Å². The molecule has 4 heteroatoms. The second-order valence-corrected chi connectivity index (χ2v) is 2.86. The van der Waals surface area contributed by atoms with Crippen molar-refractivity contribution < 1.29 is 9.84 Å². The average molecular weight is 178 g/mol. The third-order valence-electron chi connectivity index (χ3n) is 1.93. The molecule has 1 aromatic heterocycles. The molecule has 0 fully saturated rings. The van der Waals surface area contributed by atoms with Crippen molar-refractivity contribution in [3.63, 3.8) is 0 Å². The molecule has 0 saturated carbocycles. The Balaban J connectivity index is 2.82. The number of phenols is 1. The second-order valence-electron chi connectivity index (χ2n) is 2.86. The lowest BCUT2D eigenvalue weighted by Gasteiger charge is -2.02. The van der Waals surface area contributed by atoms with Crippen molar-refractivity contribution in [3.05, 3.63) is 18.3 Å². The van der Waals surface area contributed by atoms with Crippen molar-refractivity contribution in [1.29, 1.82) is 0 Å². The van der Waals surface area contributed by atoms with E-state index >= 15 is 0 Å². The van der Waals surface area contributed by atoms with Crippen LogP contribution in [0.4, 0.5) is 0 Å². The normalized spacial score (nSPS) is 10.6. The highest BCUT2D eigenvalue weighted by molar-refractivity contribution is 5.86. The van der Waals surface area contributed by atoms with Crippen LogP contribution in [-0.4, -0.2) is 22.0 Å². The fraction of sp³-hybridized carbons (Fsp3) is 0.222. The van der Waals surface area contributed by atoms with Crippen molar-refractivity contribution in [3.8, 4) is 11.5 Å². The van der Waals surface area contributed by atoms with Gasteiger partial charge in [0.2, 0.25) is 0 Å². The van der Waals surface area contributed by atoms with E-state index in [1.807, 2.05) is 13.2 Å². The minimum atomic E-state index is 0.119. The first kappa shape index (κ1) is 7.91. The van der Waals surface area contributed by atoms with Crippen molar-refractivity contribution >= 4 is 10.9 Å². The lowest BCUT2D eigenvalue weighted by atomic mass is 10.2. The number of methoxy groups -OCH3 is 1. The summed E-state index contributed by atoms with van der Waals surface area (Å²) < 4.78 is 6.73. The summed E-state index contributed by atoms with van der Waals surface area (Å²) in [5.41, 5.74) is 0.685. The number of ether oxygens (including phenoxy) is 1. The topological polar surface area (TPSA) is 47.3 Å². The van der Waals surface area contributed by atoms with Gasteiger partial charge >= 0.3 is 0 Å². The predicted molar refractivity (Wildman–Crippen MR) is 48.9 cm³/mol. The van der Waals surface area contributed by atoms with E-state index in [4.69, 9.17) is 4.74 Å². The quantitative estimate of drug-likeness (QED) is 0.715. The summed E-state index contributed by atoms with van der Waals surface area (Å²) in [4.78, 5) is 0. The van der Waals surface area contributed by atoms with E-state index in [0.717, 1.165) is 5.39 Å². The summed E-state index contributed by atoms with van der Waals surface area (Å²) >= 11 is 0. The van der Waals surface area contributed by atoms with Crippen molar-refractivity contribution in [2.24, 2.45) is 7.05 Å². The lowest BCUT2D eigenvalue weighted by molar-refractivity contribution is 0.377. The van der Waals surface area contributed by atoms with E-state index in [0.29, 0.717) is 11.3 Å². The van der Waals surface area contributed by atoms with Crippen LogP contribution in [0.1, 0.15) is 0 Å². The van der Waals surface area contributed by atoms with Crippen molar-refractivity contribution in [2.75, 3.05) is 7.11 Å². The molecule has 1 heterocycles. The van der Waals surface area contributed by atoms with Crippen LogP contribution in [0.2, 0.25) is 0 Å². The van der Waals surface area contributed by atoms with Gasteiger partial charge in [-0.25, -0.2) is 0 Å². The smallest absolute Gasteiger partial charge is 0.188 e. The molecule has 13 heavy (non-hydrogen) atoms. The van der Waals surface area contributed by atoms with Crippen LogP contribution in [-0.2, 0) is 7.05 Å². The van der Waals surface area contributed by atoms with E-state index in [-0.39, 0.29) is 5.75 Å². The SMILES string of the molecule is COc1c(O)ccc2cn(C)nc12. The van der Waals surface area contributed by atoms with Gasteiger partial charge in [0.05, 0.1) is 7.11 Å². The highest BCUT2D eigenvalue weighted by atomic mass is 16.5. The highest BCUT2D eigenvalue weighted by Crippen LogP contribution is 2.32. The Morgan fingerprint density at radius 2 is 2.23 bits per heavy atom. The zero-order chi connectivity index (χ0) is 9.42. The van der Waals surface area contributed by atoms with Crippen LogP contribution in [0.25, 0.3) is 10.9 Å². The van der Waals surface area contributed by atoms with Gasteiger partial charge in [-0.1, -0.05) is 0 Å². The molecular formula is C9H10N2O2. The Morgan fingerprint density at radius 3 is 2.92 bits per heavy atom. The molecule has 68 valence electrons. The molecule has 0 unspecified atom stereocenters. The highest BCUT2D eigenvalue weighted by Gasteiger charge is 2.09. The third-order valence-corrected chi connectivity index (χ3v) is 1.93. The number of rotatable bonds is 1. The molecule has 2 rings (SSSR count). The number of hydrogen-bond donors (Lipinski definition) is 1. The maximum atomic E-state index is 9.44. The Bertz CT molecular complexity index is 448. The number of benzene rings is 1. The van der Waals surface area contributed by atoms with Crippen LogP contribution < -0.4 is 4.74 Å². The molecule has 0 saturated heterocycles. The number of aryl methyl sites for hydroxylation is 1. The molecule has 4 nitrogen and oxygen atoms in total. The molecular weight excluding hydrogens is 168 g/mol. The summed E-state index contributed by atoms with van der Waals surface area (Å²) in [7, 11) is 3.35. The standard InChI is InChI=1S/C9H10N2O2/c1-11-5-6-3-4-7(12)9(13-2)8(6)10-11/h3-5,12H,1-2H3. The molecule has 0 aliphatic heterocycles. The Labute approximate surface area is 75.4 Å². The average Bonchev–Trinajstić information content (AvgIpc) is 2.45. The number of phenolic OH excluding ortho intramolecular Hbond substituents is 1. The molecule has 2 aromatic rings. The fourth-order valence-electron chi connectivity index (χ4n) is 1.37. The number of fused-ring (bicyclic) bond motifs is 1. The maximum absolute atomic E-state index is 9.44. The summed E-state index contributed by atoms with van der Waals surface area (Å²) in [5.74, 6) is 0.548. The minimum absolute atomic E-state index is 0.119. The van der Waals surface area contributed by atoms with Gasteiger partial charge in [0.25, 0.3) is 0 Å². The van der Waals surface area contributed by atoms with Gasteiger partial charge in [0.15, 0.2) is 11.5 Å². The summed E-state index contributed by atoms with van der Waals surface area (Å²) in [6, 6.07) is 3.41. The number of aromatic nitrogens is 2. The number of nitrogens with zero attached hydrogens (tertiary/aromatic N) is 2. The van der Waals surface area contributed by atoms with Crippen LogP contribution >= 0.6 is 0 Å². The molecule has 0 bridgehead atoms. The summed E-state index contributed by atoms with van der Waals surface area (Å²) in [6.07, 6.45) is 1.87. The summed E-state index contributed by atoms with van der Waals surface area (Å²) in [6.45, 7) is 0. The molecule has 0 radical (unpaired) electrons. The monoisotopic (exact) mass is 178 g/mol. The van der Waals surface area contributed by atoms with Crippen LogP contribution in [0.5, 0.6) is 11.5 Å². The van der Waals surface area contributed by atoms with Gasteiger partial charge in [-0.3, -0.25) is 4.68 Å². The van der Waals surface area contributed by atoms with Crippen LogP contribution in [0, 0.1) is 0 Å². The summed E-state index contributed by atoms with van der Waals surface area (Å²) in [5, 5.41) is 14.6. The van der Waals surface area contributed by atoms with Gasteiger partial charge < -0.3 is 9.84 Å². The molecule has 0 aliphatic rings. The Kier molecular flexibility index (Phi) is 1.62. The van der Waals surface area contributed by atoms with Crippen LogP contribution in [0.3, 0.4) is 0 Å². The first-order chi connectivity index (χ1) is 6.22. The van der Waals surface area contributed by atoms with Crippen molar-refractivity contribution in [2.45, 2.75) is 0 Å². The zero-order valence-corrected chi connectivity index (χ0v) is 7.48. The molecule has 1 aromatic carbocycles. The largest absolute Gasteiger partial charge is 0.504 e. The van der Waals surface area contributed by atoms with E-state index in [1.54, 1.807) is 16.8 Å². The van der Waals surface area contributed by atoms with Gasteiger partial charge in [0, 0.05) is 18.6 Å². The second kappa shape index (κ2) is 2.65. The van der Waals surface area contributed by atoms with Gasteiger partial charge in [-0.15, -0.1) is 0 Å². The van der Waals surface area contributed by atoms with Gasteiger partial charge in [0.1, 0.15) is 5.52 Å². The Morgan fingerprint density at radius 1 is 1.46 bits per heavy atom. The first-order valence-electron chi connectivity index (χ1n) is 3.91. The van der Waals surface area contributed by atoms with Crippen molar-refractivity contribution in [1.82, 2.24) is 9.78 Å². The minimum Gasteiger partial charge on any atom is -0.504 e. The third kappa shape index (κ3) is 1.11. The Hall–Kier alpha value is -1.71. The van der Waals surface area contributed by atoms with E-state index < -0.39 is 0 Å². The molecule has 1 N–H and O–H groups in total. The molecule has 0 amide bonds. The van der Waals surface area contributed by atoms with Gasteiger partial charge in [-0.2, -0.15) is 5.10 Å². The van der Waals surface area contributed by atoms with Gasteiger partial charge in [-0.05, 0) is 12.1 Å². The lowest BCUT2D eigenvalue weighted by Crippen LogP contribution is -1.88. The number of hydrogen-bond acceptors (Lipinski definition) is 3. The zero-order valence-electron chi connectivity index (χ0n) is 7.48. The fourth-order valence-corrected chi connectivity index (χ4v) is 1.37. The first-order valence-corrected chi connectivity index (χ1v) is 3.91. The predicted octanol–water partition coefficient (Wildman–Crippen LogP) is 1.29. The van der Waals surface area contributed by atoms with E-state index in [1.165, 1.54) is 7.11 Å².